The van der Waals surface area contributed by atoms with E-state index in [1.807, 2.05) is 13.1 Å². The van der Waals surface area contributed by atoms with Crippen LogP contribution >= 0.6 is 0 Å². The maximum absolute atomic E-state index is 4.26. The first-order chi connectivity index (χ1) is 5.11. The van der Waals surface area contributed by atoms with Crippen molar-refractivity contribution in [1.82, 2.24) is 4.98 Å². The van der Waals surface area contributed by atoms with Gasteiger partial charge in [0.15, 0.2) is 0 Å². The molecule has 0 aliphatic carbocycles. The van der Waals surface area contributed by atoms with Crippen LogP contribution in [0.5, 0.6) is 0 Å². The van der Waals surface area contributed by atoms with E-state index in [1.54, 1.807) is 0 Å². The first-order valence-electron chi connectivity index (χ1n) is 4.04. The second kappa shape index (κ2) is 3.08. The maximum atomic E-state index is 4.26. The Kier molecular flexibility index (Phi) is 2.33. The fourth-order valence-corrected chi connectivity index (χ4v) is 1.31. The van der Waals surface area contributed by atoms with E-state index in [9.17, 15) is 0 Å². The summed E-state index contributed by atoms with van der Waals surface area (Å²) in [6.45, 7) is 6.41. The lowest BCUT2D eigenvalue weighted by Crippen LogP contribution is -2.12. The SMILES string of the molecule is Bc1cc(C)ncc1C(C)C. The third kappa shape index (κ3) is 1.82. The van der Waals surface area contributed by atoms with Crippen molar-refractivity contribution in [2.24, 2.45) is 0 Å². The molecule has 0 unspecified atom stereocenters. The number of nitrogens with zero attached hydrogens (tertiary/aromatic N) is 1. The number of aromatic nitrogens is 1. The molecule has 11 heavy (non-hydrogen) atoms. The summed E-state index contributed by atoms with van der Waals surface area (Å²) in [7, 11) is 2.14. The molecule has 0 amide bonds. The van der Waals surface area contributed by atoms with Gasteiger partial charge in [-0.15, -0.1) is 0 Å². The molecule has 1 aromatic rings. The van der Waals surface area contributed by atoms with Gasteiger partial charge in [-0.1, -0.05) is 19.3 Å². The number of hydrogen-bond acceptors (Lipinski definition) is 1. The van der Waals surface area contributed by atoms with Gasteiger partial charge in [-0.05, 0) is 24.5 Å². The number of rotatable bonds is 1. The molecule has 58 valence electrons. The first kappa shape index (κ1) is 8.31. The van der Waals surface area contributed by atoms with E-state index in [2.05, 4.69) is 32.7 Å². The summed E-state index contributed by atoms with van der Waals surface area (Å²) in [5.74, 6) is 0.586. The monoisotopic (exact) mass is 147 g/mol. The number of pyridine rings is 1. The van der Waals surface area contributed by atoms with Crippen LogP contribution in [-0.2, 0) is 0 Å². The summed E-state index contributed by atoms with van der Waals surface area (Å²) in [6.07, 6.45) is 1.98. The Morgan fingerprint density at radius 2 is 2.09 bits per heavy atom. The van der Waals surface area contributed by atoms with Crippen molar-refractivity contribution in [3.63, 3.8) is 0 Å². The third-order valence-electron chi connectivity index (χ3n) is 1.91. The smallest absolute Gasteiger partial charge is 0.139 e. The average molecular weight is 147 g/mol. The number of hydrogen-bond donors (Lipinski definition) is 0. The predicted molar refractivity (Wildman–Crippen MR) is 51.2 cm³/mol. The molecule has 0 radical (unpaired) electrons. The minimum absolute atomic E-state index is 0.586. The molecular weight excluding hydrogens is 133 g/mol. The van der Waals surface area contributed by atoms with Gasteiger partial charge >= 0.3 is 0 Å². The third-order valence-corrected chi connectivity index (χ3v) is 1.91. The van der Waals surface area contributed by atoms with E-state index in [0.717, 1.165) is 5.69 Å². The van der Waals surface area contributed by atoms with Gasteiger partial charge in [0.1, 0.15) is 7.85 Å². The minimum atomic E-state index is 0.586. The highest BCUT2D eigenvalue weighted by Crippen LogP contribution is 2.09. The Morgan fingerprint density at radius 3 is 2.55 bits per heavy atom. The predicted octanol–water partition coefficient (Wildman–Crippen LogP) is 0.772. The van der Waals surface area contributed by atoms with Crippen molar-refractivity contribution in [1.29, 1.82) is 0 Å². The van der Waals surface area contributed by atoms with E-state index in [1.165, 1.54) is 11.0 Å². The maximum Gasteiger partial charge on any atom is 0.139 e. The van der Waals surface area contributed by atoms with Crippen molar-refractivity contribution in [2.75, 3.05) is 0 Å². The molecular formula is C9H14BN. The topological polar surface area (TPSA) is 12.9 Å². The Bertz CT molecular complexity index is 256. The van der Waals surface area contributed by atoms with Gasteiger partial charge in [0.2, 0.25) is 0 Å². The molecule has 0 atom stereocenters. The van der Waals surface area contributed by atoms with E-state index < -0.39 is 0 Å². The zero-order valence-corrected chi connectivity index (χ0v) is 7.68. The number of aryl methyl sites for hydroxylation is 1. The minimum Gasteiger partial charge on any atom is -0.261 e. The highest BCUT2D eigenvalue weighted by molar-refractivity contribution is 6.33. The quantitative estimate of drug-likeness (QED) is 0.534. The Labute approximate surface area is 69.3 Å². The average Bonchev–Trinajstić information content (AvgIpc) is 1.85. The van der Waals surface area contributed by atoms with Crippen molar-refractivity contribution < 1.29 is 0 Å². The van der Waals surface area contributed by atoms with Gasteiger partial charge in [0.25, 0.3) is 0 Å². The summed E-state index contributed by atoms with van der Waals surface area (Å²) in [4.78, 5) is 4.26. The van der Waals surface area contributed by atoms with Crippen LogP contribution in [-0.4, -0.2) is 12.8 Å². The second-order valence-electron chi connectivity index (χ2n) is 3.34. The lowest BCUT2D eigenvalue weighted by Gasteiger charge is -2.08. The van der Waals surface area contributed by atoms with Gasteiger partial charge < -0.3 is 0 Å². The molecule has 1 aromatic heterocycles. The Hall–Kier alpha value is -0.785. The van der Waals surface area contributed by atoms with E-state index >= 15 is 0 Å². The molecule has 1 rings (SSSR count). The van der Waals surface area contributed by atoms with Crippen LogP contribution in [0.15, 0.2) is 12.3 Å². The summed E-state index contributed by atoms with van der Waals surface area (Å²) in [5, 5.41) is 0. The van der Waals surface area contributed by atoms with Gasteiger partial charge in [0, 0.05) is 11.9 Å². The molecule has 1 nitrogen and oxygen atoms in total. The van der Waals surface area contributed by atoms with E-state index in [-0.39, 0.29) is 0 Å². The molecule has 0 spiro atoms. The molecule has 0 aromatic carbocycles. The van der Waals surface area contributed by atoms with E-state index in [4.69, 9.17) is 0 Å². The summed E-state index contributed by atoms with van der Waals surface area (Å²) in [5.41, 5.74) is 3.81. The largest absolute Gasteiger partial charge is 0.261 e. The fraction of sp³-hybridized carbons (Fsp3) is 0.444. The van der Waals surface area contributed by atoms with Crippen molar-refractivity contribution >= 4 is 13.3 Å². The molecule has 0 saturated carbocycles. The molecule has 0 saturated heterocycles. The molecule has 2 heteroatoms. The highest BCUT2D eigenvalue weighted by Gasteiger charge is 2.02. The van der Waals surface area contributed by atoms with Gasteiger partial charge in [-0.3, -0.25) is 4.98 Å². The lowest BCUT2D eigenvalue weighted by atomic mass is 9.86. The zero-order chi connectivity index (χ0) is 8.43. The van der Waals surface area contributed by atoms with Crippen LogP contribution in [0.1, 0.15) is 31.0 Å². The van der Waals surface area contributed by atoms with Gasteiger partial charge in [-0.25, -0.2) is 0 Å². The van der Waals surface area contributed by atoms with Crippen LogP contribution < -0.4 is 5.46 Å². The van der Waals surface area contributed by atoms with E-state index in [0.29, 0.717) is 5.92 Å². The molecule has 0 bridgehead atoms. The fourth-order valence-electron chi connectivity index (χ4n) is 1.31. The van der Waals surface area contributed by atoms with Crippen LogP contribution in [0.4, 0.5) is 0 Å². The lowest BCUT2D eigenvalue weighted by molar-refractivity contribution is 0.863. The van der Waals surface area contributed by atoms with Crippen molar-refractivity contribution in [3.8, 4) is 0 Å². The summed E-state index contributed by atoms with van der Waals surface area (Å²) >= 11 is 0. The highest BCUT2D eigenvalue weighted by atomic mass is 14.7. The Morgan fingerprint density at radius 1 is 1.45 bits per heavy atom. The molecule has 0 aliphatic rings. The molecule has 0 aliphatic heterocycles. The van der Waals surface area contributed by atoms with Crippen LogP contribution in [0.25, 0.3) is 0 Å². The molecule has 0 N–H and O–H groups in total. The van der Waals surface area contributed by atoms with Crippen LogP contribution in [0.3, 0.4) is 0 Å². The zero-order valence-electron chi connectivity index (χ0n) is 7.68. The Balaban J connectivity index is 3.09. The first-order valence-corrected chi connectivity index (χ1v) is 4.04. The molecule has 1 heterocycles. The van der Waals surface area contributed by atoms with Crippen molar-refractivity contribution in [2.45, 2.75) is 26.7 Å². The summed E-state index contributed by atoms with van der Waals surface area (Å²) < 4.78 is 0. The normalized spacial score (nSPS) is 10.5. The standard InChI is InChI=1S/C9H14BN/c1-6(2)8-5-11-7(3)4-9(8)10/h4-6H,10H2,1-3H3. The van der Waals surface area contributed by atoms with Crippen LogP contribution in [0.2, 0.25) is 0 Å². The second-order valence-corrected chi connectivity index (χ2v) is 3.34. The van der Waals surface area contributed by atoms with Gasteiger partial charge in [0.05, 0.1) is 0 Å². The van der Waals surface area contributed by atoms with Crippen molar-refractivity contribution in [3.05, 3.63) is 23.5 Å². The molecule has 0 fully saturated rings. The van der Waals surface area contributed by atoms with Gasteiger partial charge in [-0.2, -0.15) is 0 Å². The summed E-state index contributed by atoms with van der Waals surface area (Å²) in [6, 6.07) is 2.13. The van der Waals surface area contributed by atoms with Crippen LogP contribution in [0, 0.1) is 6.92 Å².